The Labute approximate surface area is 259 Å². The zero-order chi connectivity index (χ0) is 31.4. The number of H-pyrrole nitrogens is 2. The van der Waals surface area contributed by atoms with Gasteiger partial charge in [0.15, 0.2) is 12.1 Å². The van der Waals surface area contributed by atoms with E-state index in [0.717, 1.165) is 39.7 Å². The molecule has 0 aliphatic carbocycles. The number of hydrogen-bond acceptors (Lipinski definition) is 5. The molecule has 6 rings (SSSR count). The number of fused-ring (bicyclic) bond motifs is 2. The predicted molar refractivity (Wildman–Crippen MR) is 166 cm³/mol. The molecule has 0 radical (unpaired) electrons. The van der Waals surface area contributed by atoms with Crippen molar-refractivity contribution in [3.8, 4) is 0 Å². The number of carbonyl (C=O) groups excluding carboxylic acids is 2. The molecule has 4 aromatic heterocycles. The number of anilines is 1. The van der Waals surface area contributed by atoms with Gasteiger partial charge < -0.3 is 15.3 Å². The first-order valence-electron chi connectivity index (χ1n) is 13.3. The first kappa shape index (κ1) is 30.8. The van der Waals surface area contributed by atoms with Gasteiger partial charge in [0.05, 0.1) is 21.2 Å². The van der Waals surface area contributed by atoms with Crippen molar-refractivity contribution < 1.29 is 22.8 Å². The molecule has 7 nitrogen and oxygen atoms in total. The molecule has 0 unspecified atom stereocenters. The number of rotatable bonds is 7. The smallest absolute Gasteiger partial charge is 0.381 e. The van der Waals surface area contributed by atoms with Crippen molar-refractivity contribution in [2.75, 3.05) is 5.32 Å². The third-order valence-corrected chi connectivity index (χ3v) is 7.78. The molecule has 12 heteroatoms. The quantitative estimate of drug-likeness (QED) is 0.120. The molecular formula is C32H24Cl2F3N5O2. The summed E-state index contributed by atoms with van der Waals surface area (Å²) in [5, 5.41) is 5.94. The van der Waals surface area contributed by atoms with Gasteiger partial charge in [-0.05, 0) is 42.3 Å². The molecule has 0 atom stereocenters. The summed E-state index contributed by atoms with van der Waals surface area (Å²) in [5.74, 6) is -0.263. The van der Waals surface area contributed by atoms with Gasteiger partial charge in [0.25, 0.3) is 0 Å². The molecule has 0 bridgehead atoms. The molecule has 0 aliphatic rings. The van der Waals surface area contributed by atoms with Gasteiger partial charge in [0.1, 0.15) is 11.3 Å². The number of alkyl halides is 3. The summed E-state index contributed by atoms with van der Waals surface area (Å²) in [5.41, 5.74) is 4.26. The normalized spacial score (nSPS) is 11.3. The highest BCUT2D eigenvalue weighted by molar-refractivity contribution is 6.37. The summed E-state index contributed by atoms with van der Waals surface area (Å²) < 4.78 is 38.8. The highest BCUT2D eigenvalue weighted by Gasteiger charge is 2.30. The number of hydrogen-bond donors (Lipinski definition) is 3. The van der Waals surface area contributed by atoms with E-state index in [-0.39, 0.29) is 12.2 Å². The fraction of sp³-hybridized carbons (Fsp3) is 0.125. The molecule has 224 valence electrons. The number of aryl methyl sites for hydroxylation is 1. The van der Waals surface area contributed by atoms with Crippen LogP contribution in [0.1, 0.15) is 43.0 Å². The Morgan fingerprint density at radius 1 is 0.932 bits per heavy atom. The van der Waals surface area contributed by atoms with Crippen LogP contribution in [0.15, 0.2) is 79.4 Å². The van der Waals surface area contributed by atoms with Crippen molar-refractivity contribution in [3.05, 3.63) is 123 Å². The zero-order valence-corrected chi connectivity index (χ0v) is 24.6. The highest BCUT2D eigenvalue weighted by Crippen LogP contribution is 2.30. The number of nitrogens with one attached hydrogen (secondary N) is 3. The molecule has 6 aromatic rings. The van der Waals surface area contributed by atoms with Crippen LogP contribution in [0.3, 0.4) is 0 Å². The topological polar surface area (TPSA) is 104 Å². The van der Waals surface area contributed by atoms with Crippen LogP contribution in [0, 0.1) is 6.92 Å². The third-order valence-electron chi connectivity index (χ3n) is 6.92. The lowest BCUT2D eigenvalue weighted by molar-refractivity contribution is -0.137. The van der Waals surface area contributed by atoms with E-state index in [1.807, 2.05) is 13.0 Å². The molecule has 0 fully saturated rings. The Morgan fingerprint density at radius 3 is 2.30 bits per heavy atom. The van der Waals surface area contributed by atoms with Crippen LogP contribution < -0.4 is 5.32 Å². The number of Topliss-reactive ketones (excluding diaryl/α,β-unsaturated/α-hetero) is 1. The largest absolute Gasteiger partial charge is 0.416 e. The Hall–Kier alpha value is -4.67. The van der Waals surface area contributed by atoms with Crippen LogP contribution in [0.25, 0.3) is 22.1 Å². The summed E-state index contributed by atoms with van der Waals surface area (Å²) in [6, 6.07) is 13.7. The lowest BCUT2D eigenvalue weighted by Gasteiger charge is -2.13. The summed E-state index contributed by atoms with van der Waals surface area (Å²) >= 11 is 12.4. The molecule has 0 spiro atoms. The van der Waals surface area contributed by atoms with Crippen molar-refractivity contribution in [2.45, 2.75) is 26.1 Å². The van der Waals surface area contributed by atoms with Gasteiger partial charge >= 0.3 is 6.18 Å². The van der Waals surface area contributed by atoms with E-state index >= 15 is 0 Å². The van der Waals surface area contributed by atoms with Crippen molar-refractivity contribution in [2.24, 2.45) is 0 Å². The summed E-state index contributed by atoms with van der Waals surface area (Å²) in [7, 11) is 0. The maximum absolute atomic E-state index is 12.9. The van der Waals surface area contributed by atoms with Gasteiger partial charge in [-0.1, -0.05) is 53.5 Å². The van der Waals surface area contributed by atoms with E-state index < -0.39 is 11.7 Å². The second-order valence-corrected chi connectivity index (χ2v) is 10.7. The zero-order valence-electron chi connectivity index (χ0n) is 23.1. The number of benzene rings is 2. The van der Waals surface area contributed by atoms with E-state index in [2.05, 4.69) is 25.3 Å². The van der Waals surface area contributed by atoms with E-state index in [4.69, 9.17) is 23.2 Å². The van der Waals surface area contributed by atoms with Crippen LogP contribution >= 0.6 is 23.2 Å². The third kappa shape index (κ3) is 6.77. The Bertz CT molecular complexity index is 1980. The molecule has 0 saturated carbocycles. The average Bonchev–Trinajstić information content (AvgIpc) is 3.69. The number of halogens is 5. The summed E-state index contributed by atoms with van der Waals surface area (Å²) in [6.45, 7) is 2.30. The fourth-order valence-corrected chi connectivity index (χ4v) is 5.05. The average molecular weight is 638 g/mol. The highest BCUT2D eigenvalue weighted by atomic mass is 35.5. The van der Waals surface area contributed by atoms with Gasteiger partial charge in [0.2, 0.25) is 0 Å². The predicted octanol–water partition coefficient (Wildman–Crippen LogP) is 8.61. The Kier molecular flexibility index (Phi) is 9.03. The van der Waals surface area contributed by atoms with Gasteiger partial charge in [0, 0.05) is 65.3 Å². The Balaban J connectivity index is 0.000000266. The minimum absolute atomic E-state index is 0.119. The number of carbonyl (C=O) groups is 2. The number of aromatic nitrogens is 4. The summed E-state index contributed by atoms with van der Waals surface area (Å²) in [6.07, 6.45) is 2.77. The molecule has 3 N–H and O–H groups in total. The number of nitrogens with zero attached hydrogens (tertiary/aromatic N) is 2. The lowest BCUT2D eigenvalue weighted by atomic mass is 9.99. The SMILES string of the molecule is Cc1ccc(C(=O)Cc2cccc(C(F)(F)F)c2)cc1NCc1cnc2[nH]ccc2c1Cl.O=Cc1cnc2[nH]ccc2c1Cl. The van der Waals surface area contributed by atoms with Crippen molar-refractivity contribution in [3.63, 3.8) is 0 Å². The van der Waals surface area contributed by atoms with E-state index in [0.29, 0.717) is 50.9 Å². The second kappa shape index (κ2) is 12.9. The van der Waals surface area contributed by atoms with Crippen molar-refractivity contribution in [1.29, 1.82) is 0 Å². The van der Waals surface area contributed by atoms with Crippen LogP contribution in [-0.4, -0.2) is 32.0 Å². The summed E-state index contributed by atoms with van der Waals surface area (Å²) in [4.78, 5) is 37.4. The molecule has 0 amide bonds. The van der Waals surface area contributed by atoms with Gasteiger partial charge in [-0.15, -0.1) is 0 Å². The number of ketones is 1. The maximum atomic E-state index is 12.9. The number of aldehydes is 1. The maximum Gasteiger partial charge on any atom is 0.416 e. The van der Waals surface area contributed by atoms with Crippen molar-refractivity contribution >= 4 is 63.0 Å². The molecular weight excluding hydrogens is 614 g/mol. The monoisotopic (exact) mass is 637 g/mol. The van der Waals surface area contributed by atoms with Gasteiger partial charge in [-0.25, -0.2) is 9.97 Å². The lowest BCUT2D eigenvalue weighted by Crippen LogP contribution is -2.09. The van der Waals surface area contributed by atoms with Gasteiger partial charge in [-0.3, -0.25) is 9.59 Å². The van der Waals surface area contributed by atoms with Crippen LogP contribution in [0.2, 0.25) is 10.0 Å². The van der Waals surface area contributed by atoms with E-state index in [1.165, 1.54) is 18.3 Å². The number of pyridine rings is 2. The van der Waals surface area contributed by atoms with Gasteiger partial charge in [-0.2, -0.15) is 13.2 Å². The first-order chi connectivity index (χ1) is 21.0. The minimum atomic E-state index is -4.44. The van der Waals surface area contributed by atoms with Crippen LogP contribution in [-0.2, 0) is 19.1 Å². The molecule has 0 saturated heterocycles. The molecule has 0 aliphatic heterocycles. The van der Waals surface area contributed by atoms with Crippen molar-refractivity contribution in [1.82, 2.24) is 19.9 Å². The molecule has 4 heterocycles. The number of aromatic amines is 2. The first-order valence-corrected chi connectivity index (χ1v) is 14.0. The Morgan fingerprint density at radius 2 is 1.61 bits per heavy atom. The minimum Gasteiger partial charge on any atom is -0.381 e. The van der Waals surface area contributed by atoms with E-state index in [1.54, 1.807) is 42.9 Å². The van der Waals surface area contributed by atoms with Crippen LogP contribution in [0.5, 0.6) is 0 Å². The standard InChI is InChI=1S/C24H19ClF3N3O.C8H5ClN2O/c1-14-5-6-16(21(32)10-15-3-2-4-18(9-15)24(26,27)28)11-20(14)30-12-17-13-31-23-19(22(17)25)7-8-29-23;9-7-5(4-12)3-11-8-6(7)1-2-10-8/h2-9,11,13,30H,10,12H2,1H3,(H,29,31);1-4H,(H,10,11). The van der Waals surface area contributed by atoms with Crippen LogP contribution in [0.4, 0.5) is 18.9 Å². The van der Waals surface area contributed by atoms with E-state index in [9.17, 15) is 22.8 Å². The second-order valence-electron chi connectivity index (χ2n) is 9.90. The molecule has 44 heavy (non-hydrogen) atoms. The fourth-order valence-electron chi connectivity index (χ4n) is 4.53. The molecule has 2 aromatic carbocycles.